The van der Waals surface area contributed by atoms with Crippen LogP contribution in [0, 0.1) is 5.92 Å². The smallest absolute Gasteiger partial charge is 0.234 e. The second kappa shape index (κ2) is 7.90. The predicted molar refractivity (Wildman–Crippen MR) is 88.1 cm³/mol. The molecule has 1 saturated heterocycles. The molecule has 5 nitrogen and oxygen atoms in total. The fourth-order valence-electron chi connectivity index (χ4n) is 3.38. The summed E-state index contributed by atoms with van der Waals surface area (Å²) in [7, 11) is 0. The number of carbonyl (C=O) groups is 1. The molecule has 1 aromatic carbocycles. The summed E-state index contributed by atoms with van der Waals surface area (Å²) in [5.74, 6) is 0.452. The van der Waals surface area contributed by atoms with Gasteiger partial charge in [-0.3, -0.25) is 9.69 Å². The van der Waals surface area contributed by atoms with Gasteiger partial charge < -0.3 is 15.2 Å². The van der Waals surface area contributed by atoms with Crippen molar-refractivity contribution in [1.29, 1.82) is 0 Å². The number of aliphatic hydroxyl groups is 1. The molecular formula is C18H26N2O3. The van der Waals surface area contributed by atoms with Crippen molar-refractivity contribution in [3.63, 3.8) is 0 Å². The molecule has 1 heterocycles. The number of rotatable bonds is 6. The third kappa shape index (κ3) is 4.77. The number of hydrogen-bond acceptors (Lipinski definition) is 4. The van der Waals surface area contributed by atoms with Crippen LogP contribution in [0.25, 0.3) is 0 Å². The number of benzene rings is 1. The third-order valence-corrected chi connectivity index (χ3v) is 4.83. The van der Waals surface area contributed by atoms with E-state index in [1.807, 2.05) is 18.2 Å². The topological polar surface area (TPSA) is 61.8 Å². The van der Waals surface area contributed by atoms with E-state index in [4.69, 9.17) is 4.74 Å². The van der Waals surface area contributed by atoms with E-state index in [1.54, 1.807) is 0 Å². The molecule has 0 spiro atoms. The van der Waals surface area contributed by atoms with E-state index in [2.05, 4.69) is 22.3 Å². The molecule has 2 fully saturated rings. The Bertz CT molecular complexity index is 496. The Balaban J connectivity index is 1.55. The minimum atomic E-state index is -0.200. The number of morpholine rings is 1. The second-order valence-electron chi connectivity index (χ2n) is 6.64. The maximum Gasteiger partial charge on any atom is 0.234 e. The molecule has 1 aliphatic heterocycles. The van der Waals surface area contributed by atoms with Crippen LogP contribution in [0.15, 0.2) is 30.3 Å². The quantitative estimate of drug-likeness (QED) is 0.815. The van der Waals surface area contributed by atoms with Gasteiger partial charge in [0, 0.05) is 19.1 Å². The summed E-state index contributed by atoms with van der Waals surface area (Å²) < 4.78 is 5.32. The predicted octanol–water partition coefficient (Wildman–Crippen LogP) is 0.817. The van der Waals surface area contributed by atoms with Gasteiger partial charge in [-0.15, -0.1) is 0 Å². The first kappa shape index (κ1) is 16.4. The van der Waals surface area contributed by atoms with E-state index in [9.17, 15) is 9.90 Å². The summed E-state index contributed by atoms with van der Waals surface area (Å²) in [5.41, 5.74) is 1.23. The summed E-state index contributed by atoms with van der Waals surface area (Å²) >= 11 is 0. The largest absolute Gasteiger partial charge is 0.393 e. The van der Waals surface area contributed by atoms with Crippen LogP contribution in [0.5, 0.6) is 0 Å². The molecule has 1 unspecified atom stereocenters. The molecule has 126 valence electrons. The Morgan fingerprint density at radius 3 is 2.61 bits per heavy atom. The summed E-state index contributed by atoms with van der Waals surface area (Å²) in [6.07, 6.45) is 2.20. The van der Waals surface area contributed by atoms with Crippen molar-refractivity contribution in [1.82, 2.24) is 10.2 Å². The van der Waals surface area contributed by atoms with Crippen molar-refractivity contribution >= 4 is 5.91 Å². The molecule has 23 heavy (non-hydrogen) atoms. The summed E-state index contributed by atoms with van der Waals surface area (Å²) in [5, 5.41) is 12.8. The number of ether oxygens (including phenoxy) is 1. The van der Waals surface area contributed by atoms with E-state index in [-0.39, 0.29) is 18.1 Å². The Morgan fingerprint density at radius 1 is 1.26 bits per heavy atom. The van der Waals surface area contributed by atoms with E-state index < -0.39 is 0 Å². The van der Waals surface area contributed by atoms with Gasteiger partial charge in [0.05, 0.1) is 25.9 Å². The number of carbonyl (C=O) groups excluding carboxylic acids is 1. The first-order valence-corrected chi connectivity index (χ1v) is 8.52. The lowest BCUT2D eigenvalue weighted by Gasteiger charge is -2.38. The summed E-state index contributed by atoms with van der Waals surface area (Å²) in [4.78, 5) is 14.5. The van der Waals surface area contributed by atoms with E-state index in [1.165, 1.54) is 5.56 Å². The molecule has 3 rings (SSSR count). The molecule has 1 atom stereocenters. The zero-order chi connectivity index (χ0) is 16.1. The van der Waals surface area contributed by atoms with Crippen molar-refractivity contribution in [2.75, 3.05) is 32.8 Å². The SMILES string of the molecule is O=C(CN1CCOCC1)NC(Cc1ccccc1)C1CC(O)C1. The van der Waals surface area contributed by atoms with Gasteiger partial charge in [-0.25, -0.2) is 0 Å². The van der Waals surface area contributed by atoms with Crippen LogP contribution in [0.4, 0.5) is 0 Å². The second-order valence-corrected chi connectivity index (χ2v) is 6.64. The van der Waals surface area contributed by atoms with E-state index >= 15 is 0 Å². The standard InChI is InChI=1S/C18H26N2O3/c21-16-11-15(12-16)17(10-14-4-2-1-3-5-14)19-18(22)13-20-6-8-23-9-7-20/h1-5,15-17,21H,6-13H2,(H,19,22). The minimum absolute atomic E-state index is 0.0780. The van der Waals surface area contributed by atoms with Crippen LogP contribution in [-0.4, -0.2) is 60.9 Å². The van der Waals surface area contributed by atoms with Crippen LogP contribution < -0.4 is 5.32 Å². The highest BCUT2D eigenvalue weighted by Gasteiger charge is 2.34. The first-order valence-electron chi connectivity index (χ1n) is 8.52. The fourth-order valence-corrected chi connectivity index (χ4v) is 3.38. The molecule has 0 radical (unpaired) electrons. The summed E-state index contributed by atoms with van der Waals surface area (Å²) in [6, 6.07) is 10.3. The van der Waals surface area contributed by atoms with Gasteiger partial charge >= 0.3 is 0 Å². The maximum atomic E-state index is 12.4. The lowest BCUT2D eigenvalue weighted by atomic mass is 9.75. The average Bonchev–Trinajstić information content (AvgIpc) is 2.53. The Labute approximate surface area is 137 Å². The van der Waals surface area contributed by atoms with Gasteiger partial charge in [0.15, 0.2) is 0 Å². The average molecular weight is 318 g/mol. The van der Waals surface area contributed by atoms with Gasteiger partial charge in [-0.1, -0.05) is 30.3 Å². The van der Waals surface area contributed by atoms with Crippen molar-refractivity contribution < 1.29 is 14.6 Å². The molecule has 0 aromatic heterocycles. The Hall–Kier alpha value is -1.43. The van der Waals surface area contributed by atoms with Gasteiger partial charge in [0.25, 0.3) is 0 Å². The highest BCUT2D eigenvalue weighted by Crippen LogP contribution is 2.31. The van der Waals surface area contributed by atoms with Crippen LogP contribution in [-0.2, 0) is 16.0 Å². The summed E-state index contributed by atoms with van der Waals surface area (Å²) in [6.45, 7) is 3.48. The van der Waals surface area contributed by atoms with E-state index in [0.29, 0.717) is 25.7 Å². The van der Waals surface area contributed by atoms with Crippen molar-refractivity contribution in [3.8, 4) is 0 Å². The molecule has 5 heteroatoms. The Morgan fingerprint density at radius 2 is 1.96 bits per heavy atom. The van der Waals surface area contributed by atoms with Gasteiger partial charge in [0.1, 0.15) is 0 Å². The number of aliphatic hydroxyl groups excluding tert-OH is 1. The van der Waals surface area contributed by atoms with Gasteiger partial charge in [0.2, 0.25) is 5.91 Å². The van der Waals surface area contributed by atoms with Crippen LogP contribution in [0.3, 0.4) is 0 Å². The zero-order valence-corrected chi connectivity index (χ0v) is 13.5. The molecule has 2 aliphatic rings. The fraction of sp³-hybridized carbons (Fsp3) is 0.611. The molecule has 1 amide bonds. The third-order valence-electron chi connectivity index (χ3n) is 4.83. The van der Waals surface area contributed by atoms with Crippen molar-refractivity contribution in [2.45, 2.75) is 31.4 Å². The molecule has 0 bridgehead atoms. The lowest BCUT2D eigenvalue weighted by Crippen LogP contribution is -2.51. The highest BCUT2D eigenvalue weighted by atomic mass is 16.5. The number of nitrogens with zero attached hydrogens (tertiary/aromatic N) is 1. The van der Waals surface area contributed by atoms with Crippen LogP contribution >= 0.6 is 0 Å². The highest BCUT2D eigenvalue weighted by molar-refractivity contribution is 5.78. The molecule has 2 N–H and O–H groups in total. The van der Waals surface area contributed by atoms with Gasteiger partial charge in [-0.05, 0) is 30.7 Å². The van der Waals surface area contributed by atoms with E-state index in [0.717, 1.165) is 32.4 Å². The Kier molecular flexibility index (Phi) is 5.65. The number of hydrogen-bond donors (Lipinski definition) is 2. The molecule has 1 aromatic rings. The van der Waals surface area contributed by atoms with Crippen LogP contribution in [0.2, 0.25) is 0 Å². The number of nitrogens with one attached hydrogen (secondary N) is 1. The molecule has 1 saturated carbocycles. The van der Waals surface area contributed by atoms with Crippen molar-refractivity contribution in [2.24, 2.45) is 5.92 Å². The lowest BCUT2D eigenvalue weighted by molar-refractivity contribution is -0.125. The van der Waals surface area contributed by atoms with Crippen molar-refractivity contribution in [3.05, 3.63) is 35.9 Å². The zero-order valence-electron chi connectivity index (χ0n) is 13.5. The van der Waals surface area contributed by atoms with Crippen LogP contribution in [0.1, 0.15) is 18.4 Å². The van der Waals surface area contributed by atoms with Gasteiger partial charge in [-0.2, -0.15) is 0 Å². The number of amides is 1. The first-order chi connectivity index (χ1) is 11.2. The molecule has 1 aliphatic carbocycles. The minimum Gasteiger partial charge on any atom is -0.393 e. The maximum absolute atomic E-state index is 12.4. The monoisotopic (exact) mass is 318 g/mol. The molecular weight excluding hydrogens is 292 g/mol. The normalized spacial score (nSPS) is 26.3.